The predicted molar refractivity (Wildman–Crippen MR) is 102 cm³/mol. The molecule has 0 aromatic heterocycles. The lowest BCUT2D eigenvalue weighted by atomic mass is 9.76. The van der Waals surface area contributed by atoms with Gasteiger partial charge in [0.1, 0.15) is 5.75 Å². The van der Waals surface area contributed by atoms with Crippen molar-refractivity contribution in [2.75, 3.05) is 20.7 Å². The number of nitrogens with zero attached hydrogens (tertiary/aromatic N) is 1. The Balaban J connectivity index is 2.17. The maximum absolute atomic E-state index is 10.6. The third-order valence-electron chi connectivity index (χ3n) is 5.49. The minimum Gasteiger partial charge on any atom is -0.506 e. The Kier molecular flexibility index (Phi) is 3.94. The number of hydrogen-bond donors (Lipinski definition) is 2. The molecule has 2 N–H and O–H groups in total. The average Bonchev–Trinajstić information content (AvgIpc) is 2.59. The van der Waals surface area contributed by atoms with Crippen LogP contribution in [0, 0.1) is 6.92 Å². The van der Waals surface area contributed by atoms with Crippen molar-refractivity contribution in [1.29, 1.82) is 0 Å². The molecule has 25 heavy (non-hydrogen) atoms. The van der Waals surface area contributed by atoms with Crippen molar-refractivity contribution in [2.45, 2.75) is 25.8 Å². The average molecular weight is 425 g/mol. The lowest BCUT2D eigenvalue weighted by Crippen LogP contribution is -2.36. The van der Waals surface area contributed by atoms with Gasteiger partial charge in [0.25, 0.3) is 0 Å². The molecular formula is C19H19BrClNO3. The molecule has 1 aliphatic heterocycles. The highest BCUT2D eigenvalue weighted by molar-refractivity contribution is 9.10. The first-order valence-electron chi connectivity index (χ1n) is 8.19. The largest absolute Gasteiger partial charge is 0.506 e. The zero-order chi connectivity index (χ0) is 18.0. The van der Waals surface area contributed by atoms with Crippen molar-refractivity contribution >= 4 is 27.5 Å². The van der Waals surface area contributed by atoms with Gasteiger partial charge in [-0.3, -0.25) is 4.90 Å². The standard InChI is InChI=1S/C19H19BrClNO3/c1-8-6-10-11(15(20)17(8)23)7-12-13-9(4-5-22(12)2)16(21)18(24)19(25-3)14(10)13/h6,12,23-24H,4-5,7H2,1-3H3. The molecule has 0 amide bonds. The number of ether oxygens (including phenoxy) is 1. The number of aromatic hydroxyl groups is 2. The van der Waals surface area contributed by atoms with Gasteiger partial charge in [0.05, 0.1) is 16.6 Å². The van der Waals surface area contributed by atoms with Gasteiger partial charge in [-0.25, -0.2) is 0 Å². The van der Waals surface area contributed by atoms with Crippen LogP contribution in [0.5, 0.6) is 17.2 Å². The number of likely N-dealkylation sites (N-methyl/N-ethyl adjacent to an activating group) is 1. The van der Waals surface area contributed by atoms with Crippen molar-refractivity contribution in [3.63, 3.8) is 0 Å². The first kappa shape index (κ1) is 17.0. The van der Waals surface area contributed by atoms with Crippen LogP contribution < -0.4 is 4.74 Å². The summed E-state index contributed by atoms with van der Waals surface area (Å²) in [5, 5.41) is 21.4. The molecule has 4 nitrogen and oxygen atoms in total. The molecule has 2 aliphatic rings. The second-order valence-corrected chi connectivity index (χ2v) is 7.97. The van der Waals surface area contributed by atoms with Crippen molar-refractivity contribution in [2.24, 2.45) is 0 Å². The van der Waals surface area contributed by atoms with Gasteiger partial charge in [-0.05, 0) is 76.6 Å². The van der Waals surface area contributed by atoms with Crippen molar-refractivity contribution in [1.82, 2.24) is 4.90 Å². The molecular weight excluding hydrogens is 406 g/mol. The Morgan fingerprint density at radius 2 is 2.00 bits per heavy atom. The number of halogens is 2. The van der Waals surface area contributed by atoms with Crippen LogP contribution in [0.1, 0.15) is 28.3 Å². The molecule has 0 radical (unpaired) electrons. The molecule has 1 heterocycles. The summed E-state index contributed by atoms with van der Waals surface area (Å²) in [6.45, 7) is 2.74. The minimum atomic E-state index is -0.00378. The van der Waals surface area contributed by atoms with E-state index in [4.69, 9.17) is 16.3 Å². The molecule has 0 fully saturated rings. The zero-order valence-electron chi connectivity index (χ0n) is 14.3. The maximum atomic E-state index is 10.6. The molecule has 2 aromatic carbocycles. The summed E-state index contributed by atoms with van der Waals surface area (Å²) in [5.74, 6) is 0.663. The monoisotopic (exact) mass is 423 g/mol. The van der Waals surface area contributed by atoms with Crippen molar-refractivity contribution in [3.05, 3.63) is 37.8 Å². The van der Waals surface area contributed by atoms with Gasteiger partial charge in [-0.2, -0.15) is 0 Å². The molecule has 4 rings (SSSR count). The molecule has 6 heteroatoms. The van der Waals surface area contributed by atoms with Gasteiger partial charge in [0.2, 0.25) is 0 Å². The molecule has 1 atom stereocenters. The quantitative estimate of drug-likeness (QED) is 0.703. The fourth-order valence-corrected chi connectivity index (χ4v) is 5.15. The minimum absolute atomic E-state index is 0.00378. The number of benzene rings is 2. The number of phenols is 2. The van der Waals surface area contributed by atoms with E-state index in [2.05, 4.69) is 27.9 Å². The molecule has 132 valence electrons. The lowest BCUT2D eigenvalue weighted by molar-refractivity contribution is 0.226. The van der Waals surface area contributed by atoms with Crippen LogP contribution in [0.4, 0.5) is 0 Å². The lowest BCUT2D eigenvalue weighted by Gasteiger charge is -2.41. The van der Waals surface area contributed by atoms with Crippen LogP contribution in [-0.4, -0.2) is 35.8 Å². The third-order valence-corrected chi connectivity index (χ3v) is 6.75. The summed E-state index contributed by atoms with van der Waals surface area (Å²) in [4.78, 5) is 2.30. The van der Waals surface area contributed by atoms with E-state index in [1.807, 2.05) is 13.0 Å². The summed E-state index contributed by atoms with van der Waals surface area (Å²) in [7, 11) is 3.64. The van der Waals surface area contributed by atoms with Crippen molar-refractivity contribution in [3.8, 4) is 28.4 Å². The summed E-state index contributed by atoms with van der Waals surface area (Å²) in [5.41, 5.74) is 5.82. The second-order valence-electron chi connectivity index (χ2n) is 6.80. The normalized spacial score (nSPS) is 18.7. The Labute approximate surface area is 160 Å². The predicted octanol–water partition coefficient (Wildman–Crippen LogP) is 4.58. The second kappa shape index (κ2) is 5.79. The summed E-state index contributed by atoms with van der Waals surface area (Å²) in [6.07, 6.45) is 1.56. The van der Waals surface area contributed by atoms with E-state index in [-0.39, 0.29) is 17.5 Å². The van der Waals surface area contributed by atoms with E-state index < -0.39 is 0 Å². The highest BCUT2D eigenvalue weighted by atomic mass is 79.9. The Hall–Kier alpha value is -1.43. The number of methoxy groups -OCH3 is 1. The van der Waals surface area contributed by atoms with E-state index in [1.54, 1.807) is 7.11 Å². The number of rotatable bonds is 1. The number of hydrogen-bond acceptors (Lipinski definition) is 4. The number of phenolic OH excluding ortho intramolecular Hbond substituents is 2. The zero-order valence-corrected chi connectivity index (χ0v) is 16.6. The molecule has 0 saturated carbocycles. The molecule has 1 aliphatic carbocycles. The van der Waals surface area contributed by atoms with Gasteiger partial charge in [0, 0.05) is 18.2 Å². The van der Waals surface area contributed by atoms with Crippen LogP contribution in [0.3, 0.4) is 0 Å². The highest BCUT2D eigenvalue weighted by Crippen LogP contribution is 2.57. The van der Waals surface area contributed by atoms with Gasteiger partial charge < -0.3 is 14.9 Å². The fraction of sp³-hybridized carbons (Fsp3) is 0.368. The van der Waals surface area contributed by atoms with E-state index in [1.165, 1.54) is 0 Å². The van der Waals surface area contributed by atoms with E-state index in [0.717, 1.165) is 52.8 Å². The van der Waals surface area contributed by atoms with E-state index >= 15 is 0 Å². The van der Waals surface area contributed by atoms with E-state index in [9.17, 15) is 10.2 Å². The topological polar surface area (TPSA) is 52.9 Å². The third kappa shape index (κ3) is 2.22. The van der Waals surface area contributed by atoms with Crippen LogP contribution in [0.25, 0.3) is 11.1 Å². The van der Waals surface area contributed by atoms with Crippen LogP contribution in [-0.2, 0) is 12.8 Å². The SMILES string of the molecule is COc1c(O)c(Cl)c2c3c1-c1cc(C)c(O)c(Br)c1CC3N(C)CC2. The highest BCUT2D eigenvalue weighted by Gasteiger charge is 2.39. The fourth-order valence-electron chi connectivity index (χ4n) is 4.18. The molecule has 2 aromatic rings. The molecule has 0 bridgehead atoms. The maximum Gasteiger partial charge on any atom is 0.177 e. The smallest absolute Gasteiger partial charge is 0.177 e. The van der Waals surface area contributed by atoms with Crippen LogP contribution in [0.2, 0.25) is 5.02 Å². The van der Waals surface area contributed by atoms with Gasteiger partial charge in [-0.1, -0.05) is 11.6 Å². The Bertz CT molecular complexity index is 913. The van der Waals surface area contributed by atoms with Crippen LogP contribution >= 0.6 is 27.5 Å². The molecule has 0 spiro atoms. The van der Waals surface area contributed by atoms with Crippen molar-refractivity contribution < 1.29 is 14.9 Å². The number of aryl methyl sites for hydroxylation is 1. The number of fused-ring (bicyclic) bond motifs is 2. The van der Waals surface area contributed by atoms with E-state index in [0.29, 0.717) is 15.2 Å². The summed E-state index contributed by atoms with van der Waals surface area (Å²) < 4.78 is 6.28. The molecule has 1 unspecified atom stereocenters. The Morgan fingerprint density at radius 1 is 1.28 bits per heavy atom. The Morgan fingerprint density at radius 3 is 2.68 bits per heavy atom. The summed E-state index contributed by atoms with van der Waals surface area (Å²) in [6, 6.07) is 2.10. The van der Waals surface area contributed by atoms with Crippen LogP contribution in [0.15, 0.2) is 10.5 Å². The van der Waals surface area contributed by atoms with Gasteiger partial charge in [0.15, 0.2) is 11.5 Å². The molecule has 0 saturated heterocycles. The van der Waals surface area contributed by atoms with Gasteiger partial charge >= 0.3 is 0 Å². The first-order valence-corrected chi connectivity index (χ1v) is 9.36. The summed E-state index contributed by atoms with van der Waals surface area (Å²) >= 11 is 10.0. The van der Waals surface area contributed by atoms with Gasteiger partial charge in [-0.15, -0.1) is 0 Å². The first-order chi connectivity index (χ1) is 11.9.